The number of halogens is 1. The van der Waals surface area contributed by atoms with Gasteiger partial charge in [0.1, 0.15) is 17.0 Å². The molecule has 5 nitrogen and oxygen atoms in total. The van der Waals surface area contributed by atoms with Crippen molar-refractivity contribution in [2.45, 2.75) is 20.4 Å². The lowest BCUT2D eigenvalue weighted by Gasteiger charge is -2.08. The van der Waals surface area contributed by atoms with Gasteiger partial charge in [-0.05, 0) is 31.5 Å². The zero-order chi connectivity index (χ0) is 14.3. The van der Waals surface area contributed by atoms with Gasteiger partial charge in [0, 0.05) is 0 Å². The lowest BCUT2D eigenvalue weighted by Crippen LogP contribution is -2.24. The first-order valence-corrected chi connectivity index (χ1v) is 6.14. The van der Waals surface area contributed by atoms with Gasteiger partial charge in [-0.3, -0.25) is 9.36 Å². The van der Waals surface area contributed by atoms with Crippen molar-refractivity contribution in [1.29, 1.82) is 0 Å². The summed E-state index contributed by atoms with van der Waals surface area (Å²) < 4.78 is 19.4. The predicted octanol–water partition coefficient (Wildman–Crippen LogP) is 2.19. The summed E-state index contributed by atoms with van der Waals surface area (Å²) in [6, 6.07) is 6.02. The van der Waals surface area contributed by atoms with Crippen LogP contribution in [0.3, 0.4) is 0 Å². The zero-order valence-electron chi connectivity index (χ0n) is 11.1. The van der Waals surface area contributed by atoms with Crippen molar-refractivity contribution in [2.75, 3.05) is 0 Å². The third kappa shape index (κ3) is 1.99. The van der Waals surface area contributed by atoms with E-state index in [0.29, 0.717) is 23.4 Å². The Morgan fingerprint density at radius 2 is 1.95 bits per heavy atom. The van der Waals surface area contributed by atoms with Crippen LogP contribution in [0.15, 0.2) is 33.6 Å². The van der Waals surface area contributed by atoms with E-state index in [4.69, 9.17) is 4.52 Å². The van der Waals surface area contributed by atoms with E-state index < -0.39 is 0 Å². The molecule has 102 valence electrons. The highest BCUT2D eigenvalue weighted by Crippen LogP contribution is 2.13. The first-order valence-electron chi connectivity index (χ1n) is 6.14. The molecule has 20 heavy (non-hydrogen) atoms. The number of hydrogen-bond donors (Lipinski definition) is 0. The number of hydrogen-bond acceptors (Lipinski definition) is 4. The third-order valence-corrected chi connectivity index (χ3v) is 3.21. The van der Waals surface area contributed by atoms with Crippen molar-refractivity contribution in [3.63, 3.8) is 0 Å². The number of aromatic nitrogens is 3. The average Bonchev–Trinajstić information content (AvgIpc) is 2.78. The highest BCUT2D eigenvalue weighted by Gasteiger charge is 2.14. The first-order chi connectivity index (χ1) is 9.56. The van der Waals surface area contributed by atoms with Crippen molar-refractivity contribution in [1.82, 2.24) is 14.7 Å². The molecule has 2 aromatic heterocycles. The van der Waals surface area contributed by atoms with E-state index >= 15 is 0 Å². The maximum absolute atomic E-state index is 12.9. The van der Waals surface area contributed by atoms with Gasteiger partial charge in [0.05, 0.1) is 12.2 Å². The van der Waals surface area contributed by atoms with Gasteiger partial charge in [0.2, 0.25) is 0 Å². The van der Waals surface area contributed by atoms with Crippen molar-refractivity contribution < 1.29 is 8.91 Å². The quantitative estimate of drug-likeness (QED) is 0.718. The van der Waals surface area contributed by atoms with Crippen LogP contribution in [-0.4, -0.2) is 14.7 Å². The van der Waals surface area contributed by atoms with Crippen LogP contribution in [0, 0.1) is 19.7 Å². The number of nitrogens with zero attached hydrogens (tertiary/aromatic N) is 3. The molecule has 3 rings (SSSR count). The van der Waals surface area contributed by atoms with Crippen LogP contribution in [0.25, 0.3) is 11.1 Å². The van der Waals surface area contributed by atoms with Crippen LogP contribution in [0.1, 0.15) is 17.1 Å². The minimum Gasteiger partial charge on any atom is -0.335 e. The number of benzene rings is 1. The van der Waals surface area contributed by atoms with E-state index in [9.17, 15) is 9.18 Å². The molecular formula is C14H12FN3O2. The van der Waals surface area contributed by atoms with E-state index in [1.807, 2.05) is 0 Å². The van der Waals surface area contributed by atoms with E-state index in [0.717, 1.165) is 5.56 Å². The second-order valence-corrected chi connectivity index (χ2v) is 4.62. The Labute approximate surface area is 113 Å². The van der Waals surface area contributed by atoms with Crippen molar-refractivity contribution in [2.24, 2.45) is 0 Å². The minimum atomic E-state index is -0.304. The molecule has 2 heterocycles. The van der Waals surface area contributed by atoms with E-state index in [1.54, 1.807) is 26.0 Å². The number of aryl methyl sites for hydroxylation is 2. The summed E-state index contributed by atoms with van der Waals surface area (Å²) in [5.74, 6) is 0.226. The Morgan fingerprint density at radius 1 is 1.25 bits per heavy atom. The molecule has 0 spiro atoms. The minimum absolute atomic E-state index is 0.199. The van der Waals surface area contributed by atoms with E-state index in [1.165, 1.54) is 16.7 Å². The SMILES string of the molecule is Cc1noc2nc(C)n(Cc3ccc(F)cc3)c(=O)c12. The molecule has 0 fully saturated rings. The van der Waals surface area contributed by atoms with Crippen molar-refractivity contribution >= 4 is 11.1 Å². The summed E-state index contributed by atoms with van der Waals surface area (Å²) in [5.41, 5.74) is 1.40. The molecule has 0 radical (unpaired) electrons. The predicted molar refractivity (Wildman–Crippen MR) is 71.0 cm³/mol. The zero-order valence-corrected chi connectivity index (χ0v) is 11.1. The van der Waals surface area contributed by atoms with Gasteiger partial charge in [0.25, 0.3) is 11.3 Å². The molecular weight excluding hydrogens is 261 g/mol. The lowest BCUT2D eigenvalue weighted by atomic mass is 10.2. The Kier molecular flexibility index (Phi) is 2.85. The van der Waals surface area contributed by atoms with Gasteiger partial charge in [-0.25, -0.2) is 4.39 Å². The third-order valence-electron chi connectivity index (χ3n) is 3.21. The van der Waals surface area contributed by atoms with Crippen LogP contribution < -0.4 is 5.56 Å². The summed E-state index contributed by atoms with van der Waals surface area (Å²) in [7, 11) is 0. The molecule has 0 amide bonds. The molecule has 0 saturated heterocycles. The fourth-order valence-electron chi connectivity index (χ4n) is 2.13. The van der Waals surface area contributed by atoms with Gasteiger partial charge in [0.15, 0.2) is 0 Å². The second-order valence-electron chi connectivity index (χ2n) is 4.62. The molecule has 0 N–H and O–H groups in total. The van der Waals surface area contributed by atoms with Gasteiger partial charge < -0.3 is 4.52 Å². The standard InChI is InChI=1S/C14H12FN3O2/c1-8-12-13(20-17-8)16-9(2)18(14(12)19)7-10-3-5-11(15)6-4-10/h3-6H,7H2,1-2H3. The number of fused-ring (bicyclic) bond motifs is 1. The maximum Gasteiger partial charge on any atom is 0.267 e. The molecule has 1 aromatic carbocycles. The first kappa shape index (κ1) is 12.5. The summed E-state index contributed by atoms with van der Waals surface area (Å²) in [5, 5.41) is 4.14. The van der Waals surface area contributed by atoms with E-state index in [2.05, 4.69) is 10.1 Å². The van der Waals surface area contributed by atoms with Gasteiger partial charge in [-0.2, -0.15) is 4.98 Å². The molecule has 0 saturated carbocycles. The highest BCUT2D eigenvalue weighted by atomic mass is 19.1. The normalized spacial score (nSPS) is 11.2. The summed E-state index contributed by atoms with van der Waals surface area (Å²) in [6.07, 6.45) is 0. The average molecular weight is 273 g/mol. The fourth-order valence-corrected chi connectivity index (χ4v) is 2.13. The van der Waals surface area contributed by atoms with Crippen LogP contribution in [0.2, 0.25) is 0 Å². The van der Waals surface area contributed by atoms with Crippen LogP contribution in [-0.2, 0) is 6.54 Å². The Morgan fingerprint density at radius 3 is 2.65 bits per heavy atom. The molecule has 0 aliphatic heterocycles. The van der Waals surface area contributed by atoms with Crippen LogP contribution in [0.4, 0.5) is 4.39 Å². The Bertz CT molecular complexity index is 834. The second kappa shape index (κ2) is 4.56. The van der Waals surface area contributed by atoms with Gasteiger partial charge in [-0.15, -0.1) is 0 Å². The fraction of sp³-hybridized carbons (Fsp3) is 0.214. The molecule has 6 heteroatoms. The topological polar surface area (TPSA) is 60.9 Å². The molecule has 0 aliphatic carbocycles. The summed E-state index contributed by atoms with van der Waals surface area (Å²) in [6.45, 7) is 3.76. The molecule has 0 unspecified atom stereocenters. The smallest absolute Gasteiger partial charge is 0.267 e. The van der Waals surface area contributed by atoms with E-state index in [-0.39, 0.29) is 17.1 Å². The molecule has 0 aliphatic rings. The van der Waals surface area contributed by atoms with Crippen LogP contribution in [0.5, 0.6) is 0 Å². The largest absolute Gasteiger partial charge is 0.335 e. The summed E-state index contributed by atoms with van der Waals surface area (Å²) in [4.78, 5) is 16.7. The highest BCUT2D eigenvalue weighted by molar-refractivity contribution is 5.74. The summed E-state index contributed by atoms with van der Waals surface area (Å²) >= 11 is 0. The lowest BCUT2D eigenvalue weighted by molar-refractivity contribution is 0.441. The van der Waals surface area contributed by atoms with Crippen molar-refractivity contribution in [3.8, 4) is 0 Å². The maximum atomic E-state index is 12.9. The Hall–Kier alpha value is -2.50. The van der Waals surface area contributed by atoms with Gasteiger partial charge in [-0.1, -0.05) is 17.3 Å². The monoisotopic (exact) mass is 273 g/mol. The van der Waals surface area contributed by atoms with Gasteiger partial charge >= 0.3 is 0 Å². The molecule has 0 bridgehead atoms. The molecule has 3 aromatic rings. The van der Waals surface area contributed by atoms with Crippen molar-refractivity contribution in [3.05, 3.63) is 57.5 Å². The molecule has 0 atom stereocenters. The Balaban J connectivity index is 2.13. The number of rotatable bonds is 2. The van der Waals surface area contributed by atoms with Crippen LogP contribution >= 0.6 is 0 Å².